The molecule has 3 heterocycles. The zero-order valence-electron chi connectivity index (χ0n) is 13.4. The Kier molecular flexibility index (Phi) is 2.18. The molecule has 1 N–H and O–H groups in total. The van der Waals surface area contributed by atoms with Crippen LogP contribution >= 0.6 is 0 Å². The predicted molar refractivity (Wildman–Crippen MR) is 82.0 cm³/mol. The van der Waals surface area contributed by atoms with Crippen LogP contribution in [-0.4, -0.2) is 61.2 Å². The smallest absolute Gasteiger partial charge is 0.165 e. The summed E-state index contributed by atoms with van der Waals surface area (Å²) in [4.78, 5) is 2.48. The first-order chi connectivity index (χ1) is 11.2. The van der Waals surface area contributed by atoms with Crippen LogP contribution in [0.2, 0.25) is 0 Å². The third-order valence-electron chi connectivity index (χ3n) is 7.09. The van der Waals surface area contributed by atoms with Gasteiger partial charge in [0, 0.05) is 22.9 Å². The number of piperidine rings is 1. The van der Waals surface area contributed by atoms with Crippen LogP contribution in [0.15, 0.2) is 12.1 Å². The molecule has 3 fully saturated rings. The summed E-state index contributed by atoms with van der Waals surface area (Å²) in [5, 5.41) is 10.8. The highest BCUT2D eigenvalue weighted by atomic mass is 16.6. The van der Waals surface area contributed by atoms with Gasteiger partial charge in [-0.05, 0) is 38.1 Å². The molecule has 0 radical (unpaired) electrons. The molecule has 0 amide bonds. The van der Waals surface area contributed by atoms with Crippen molar-refractivity contribution in [1.29, 1.82) is 0 Å². The van der Waals surface area contributed by atoms with Crippen molar-refractivity contribution in [3.05, 3.63) is 23.3 Å². The van der Waals surface area contributed by atoms with E-state index in [2.05, 4.69) is 18.0 Å². The van der Waals surface area contributed by atoms with Crippen molar-refractivity contribution in [3.8, 4) is 11.5 Å². The van der Waals surface area contributed by atoms with E-state index in [9.17, 15) is 5.11 Å². The Balaban J connectivity index is 1.66. The molecular weight excluding hydrogens is 294 g/mol. The Morgan fingerprint density at radius 3 is 3.04 bits per heavy atom. The number of likely N-dealkylation sites (N-methyl/N-ethyl adjacent to an activating group) is 1. The molecule has 6 rings (SSSR count). The van der Waals surface area contributed by atoms with E-state index >= 15 is 0 Å². The third kappa shape index (κ3) is 1.26. The summed E-state index contributed by atoms with van der Waals surface area (Å²) in [6.07, 6.45) is 1.46. The van der Waals surface area contributed by atoms with E-state index in [0.29, 0.717) is 12.0 Å². The van der Waals surface area contributed by atoms with Crippen LogP contribution in [-0.2, 0) is 16.6 Å². The van der Waals surface area contributed by atoms with Gasteiger partial charge in [0.1, 0.15) is 18.3 Å². The Morgan fingerprint density at radius 1 is 1.35 bits per heavy atom. The maximum atomic E-state index is 10.8. The molecule has 5 heteroatoms. The van der Waals surface area contributed by atoms with Crippen molar-refractivity contribution >= 4 is 0 Å². The van der Waals surface area contributed by atoms with Crippen molar-refractivity contribution in [3.63, 3.8) is 0 Å². The zero-order valence-corrected chi connectivity index (χ0v) is 13.4. The summed E-state index contributed by atoms with van der Waals surface area (Å²) in [5.41, 5.74) is 2.57. The Hall–Kier alpha value is -1.30. The largest absolute Gasteiger partial charge is 0.493 e. The second-order valence-corrected chi connectivity index (χ2v) is 7.79. The molecule has 1 saturated carbocycles. The van der Waals surface area contributed by atoms with Gasteiger partial charge in [0.05, 0.1) is 13.2 Å². The second-order valence-electron chi connectivity index (χ2n) is 7.79. The molecule has 1 aromatic carbocycles. The second kappa shape index (κ2) is 3.85. The van der Waals surface area contributed by atoms with Crippen molar-refractivity contribution in [2.45, 2.75) is 48.7 Å². The molecule has 2 bridgehead atoms. The number of ether oxygens (including phenoxy) is 3. The minimum absolute atomic E-state index is 0.0472. The number of methoxy groups -OCH3 is 1. The van der Waals surface area contributed by atoms with Crippen LogP contribution in [0.4, 0.5) is 0 Å². The zero-order chi connectivity index (χ0) is 15.5. The molecule has 3 aliphatic heterocycles. The number of epoxide rings is 1. The van der Waals surface area contributed by atoms with Gasteiger partial charge in [-0.15, -0.1) is 0 Å². The molecular formula is C18H21NO4. The molecule has 2 saturated heterocycles. The van der Waals surface area contributed by atoms with Gasteiger partial charge in [-0.2, -0.15) is 0 Å². The van der Waals surface area contributed by atoms with E-state index in [1.54, 1.807) is 7.11 Å². The van der Waals surface area contributed by atoms with E-state index in [-0.39, 0.29) is 23.7 Å². The van der Waals surface area contributed by atoms with Crippen LogP contribution < -0.4 is 9.47 Å². The number of likely N-dealkylation sites (tertiary alicyclic amines) is 1. The van der Waals surface area contributed by atoms with E-state index in [1.165, 1.54) is 11.1 Å². The number of nitrogens with zero attached hydrogens (tertiary/aromatic N) is 1. The molecule has 1 aromatic rings. The van der Waals surface area contributed by atoms with Gasteiger partial charge in [0.15, 0.2) is 11.5 Å². The standard InChI is InChI=1S/C18H21NO4/c1-19-6-5-18-11-8-3-4-10(21-2)14(11)23-17(18)13(20)16-15(22-16)12(18)9(19)7-8/h3-4,9,12-13,15-17,20H,5-7H2,1-2H3/t9-,12-,13+,15-,16+,17+,18-/m1/s1. The Bertz CT molecular complexity index is 721. The van der Waals surface area contributed by atoms with Crippen LogP contribution in [0.5, 0.6) is 11.5 Å². The first-order valence-electron chi connectivity index (χ1n) is 8.57. The normalized spacial score (nSPS) is 48.3. The minimum atomic E-state index is -0.539. The molecule has 7 atom stereocenters. The number of aliphatic hydroxyl groups is 1. The highest BCUT2D eigenvalue weighted by Crippen LogP contribution is 2.66. The van der Waals surface area contributed by atoms with Crippen molar-refractivity contribution < 1.29 is 19.3 Å². The highest BCUT2D eigenvalue weighted by Gasteiger charge is 2.75. The molecule has 23 heavy (non-hydrogen) atoms. The number of hydrogen-bond acceptors (Lipinski definition) is 5. The fourth-order valence-electron chi connectivity index (χ4n) is 6.14. The molecule has 1 spiro atoms. The SMILES string of the molecule is COc1ccc2c3c1O[C@H]1[C@@H](O)[C@@H]4O[C@@H]4[C@H]4[C@@H](C2)N(C)CC[C@@]341. The summed E-state index contributed by atoms with van der Waals surface area (Å²) in [5.74, 6) is 2.09. The topological polar surface area (TPSA) is 54.5 Å². The van der Waals surface area contributed by atoms with Gasteiger partial charge in [-0.1, -0.05) is 6.07 Å². The summed E-state index contributed by atoms with van der Waals surface area (Å²) in [7, 11) is 3.91. The Labute approximate surface area is 135 Å². The highest BCUT2D eigenvalue weighted by molar-refractivity contribution is 5.62. The molecule has 5 aliphatic rings. The molecule has 2 aliphatic carbocycles. The fraction of sp³-hybridized carbons (Fsp3) is 0.667. The first-order valence-corrected chi connectivity index (χ1v) is 8.57. The first kappa shape index (κ1) is 13.0. The molecule has 0 unspecified atom stereocenters. The number of benzene rings is 1. The van der Waals surface area contributed by atoms with Gasteiger partial charge in [-0.25, -0.2) is 0 Å². The summed E-state index contributed by atoms with van der Waals surface area (Å²) in [6.45, 7) is 1.04. The van der Waals surface area contributed by atoms with Crippen LogP contribution in [0, 0.1) is 5.92 Å². The minimum Gasteiger partial charge on any atom is -0.493 e. The van der Waals surface area contributed by atoms with E-state index in [0.717, 1.165) is 30.9 Å². The van der Waals surface area contributed by atoms with Gasteiger partial charge >= 0.3 is 0 Å². The van der Waals surface area contributed by atoms with Gasteiger partial charge in [0.25, 0.3) is 0 Å². The van der Waals surface area contributed by atoms with Crippen molar-refractivity contribution in [2.75, 3.05) is 20.7 Å². The predicted octanol–water partition coefficient (Wildman–Crippen LogP) is 0.712. The van der Waals surface area contributed by atoms with Crippen molar-refractivity contribution in [2.24, 2.45) is 5.92 Å². The maximum Gasteiger partial charge on any atom is 0.165 e. The number of fused-ring (bicyclic) bond motifs is 1. The quantitative estimate of drug-likeness (QED) is 0.774. The van der Waals surface area contributed by atoms with E-state index in [1.807, 2.05) is 6.07 Å². The lowest BCUT2D eigenvalue weighted by atomic mass is 9.51. The fourth-order valence-corrected chi connectivity index (χ4v) is 6.14. The van der Waals surface area contributed by atoms with Crippen LogP contribution in [0.3, 0.4) is 0 Å². The van der Waals surface area contributed by atoms with Crippen molar-refractivity contribution in [1.82, 2.24) is 4.90 Å². The lowest BCUT2D eigenvalue weighted by Crippen LogP contribution is -2.68. The van der Waals surface area contributed by atoms with E-state index < -0.39 is 6.10 Å². The Morgan fingerprint density at radius 2 is 2.22 bits per heavy atom. The van der Waals surface area contributed by atoms with Crippen LogP contribution in [0.25, 0.3) is 0 Å². The average Bonchev–Trinajstić information content (AvgIpc) is 3.27. The van der Waals surface area contributed by atoms with Gasteiger partial charge in [0.2, 0.25) is 0 Å². The maximum absolute atomic E-state index is 10.8. The summed E-state index contributed by atoms with van der Waals surface area (Å²) in [6, 6.07) is 4.69. The lowest BCUT2D eigenvalue weighted by molar-refractivity contribution is -0.0837. The number of rotatable bonds is 1. The summed E-state index contributed by atoms with van der Waals surface area (Å²) < 4.78 is 17.9. The molecule has 5 nitrogen and oxygen atoms in total. The summed E-state index contributed by atoms with van der Waals surface area (Å²) >= 11 is 0. The van der Waals surface area contributed by atoms with Gasteiger partial charge in [-0.3, -0.25) is 0 Å². The average molecular weight is 315 g/mol. The third-order valence-corrected chi connectivity index (χ3v) is 7.09. The number of aliphatic hydroxyl groups excluding tert-OH is 1. The van der Waals surface area contributed by atoms with Crippen LogP contribution in [0.1, 0.15) is 17.5 Å². The monoisotopic (exact) mass is 315 g/mol. The van der Waals surface area contributed by atoms with Gasteiger partial charge < -0.3 is 24.2 Å². The molecule has 0 aromatic heterocycles. The molecule has 122 valence electrons. The van der Waals surface area contributed by atoms with E-state index in [4.69, 9.17) is 14.2 Å². The number of hydrogen-bond donors (Lipinski definition) is 1. The lowest BCUT2D eigenvalue weighted by Gasteiger charge is -2.57.